The molecule has 0 aliphatic heterocycles. The predicted molar refractivity (Wildman–Crippen MR) is 84.2 cm³/mol. The molecule has 0 radical (unpaired) electrons. The molecule has 3 aromatic rings. The van der Waals surface area contributed by atoms with Crippen LogP contribution in [0.15, 0.2) is 47.6 Å². The van der Waals surface area contributed by atoms with Gasteiger partial charge in [0.25, 0.3) is 0 Å². The molecule has 3 aromatic heterocycles. The van der Waals surface area contributed by atoms with Crippen molar-refractivity contribution in [1.82, 2.24) is 30.0 Å². The largest absolute Gasteiger partial charge is 0.338 e. The zero-order chi connectivity index (χ0) is 16.1. The van der Waals surface area contributed by atoms with E-state index in [2.05, 4.69) is 36.9 Å². The predicted octanol–water partition coefficient (Wildman–Crippen LogP) is 1.98. The highest BCUT2D eigenvalue weighted by atomic mass is 16.5. The minimum absolute atomic E-state index is 0.278. The van der Waals surface area contributed by atoms with Crippen molar-refractivity contribution in [3.63, 3.8) is 0 Å². The Morgan fingerprint density at radius 1 is 1.17 bits per heavy atom. The van der Waals surface area contributed by atoms with E-state index in [4.69, 9.17) is 4.52 Å². The Morgan fingerprint density at radius 3 is 2.78 bits per heavy atom. The minimum Gasteiger partial charge on any atom is -0.338 e. The highest BCUT2D eigenvalue weighted by Gasteiger charge is 2.15. The maximum Gasteiger partial charge on any atom is 0.241 e. The second kappa shape index (κ2) is 7.06. The van der Waals surface area contributed by atoms with Crippen molar-refractivity contribution in [2.75, 3.05) is 7.05 Å². The van der Waals surface area contributed by atoms with Crippen molar-refractivity contribution in [3.8, 4) is 11.4 Å². The molecule has 3 rings (SSSR count). The van der Waals surface area contributed by atoms with E-state index >= 15 is 0 Å². The van der Waals surface area contributed by atoms with Crippen molar-refractivity contribution in [1.29, 1.82) is 0 Å². The van der Waals surface area contributed by atoms with Crippen molar-refractivity contribution < 1.29 is 4.52 Å². The fraction of sp³-hybridized carbons (Fsp3) is 0.312. The molecule has 0 saturated carbocycles. The number of pyridine rings is 1. The van der Waals surface area contributed by atoms with Crippen LogP contribution < -0.4 is 0 Å². The summed E-state index contributed by atoms with van der Waals surface area (Å²) in [5, 5.41) is 4.01. The number of hydrogen-bond acceptors (Lipinski definition) is 7. The fourth-order valence-electron chi connectivity index (χ4n) is 2.19. The maximum atomic E-state index is 5.33. The molecule has 0 aliphatic carbocycles. The Morgan fingerprint density at radius 2 is 2.04 bits per heavy atom. The molecule has 0 aromatic carbocycles. The summed E-state index contributed by atoms with van der Waals surface area (Å²) < 4.78 is 5.33. The summed E-state index contributed by atoms with van der Waals surface area (Å²) in [6.45, 7) is 2.71. The molecule has 0 unspecified atom stereocenters. The minimum atomic E-state index is 0.278. The molecule has 7 nitrogen and oxygen atoms in total. The van der Waals surface area contributed by atoms with Crippen LogP contribution in [0, 0.1) is 0 Å². The molecule has 0 fully saturated rings. The van der Waals surface area contributed by atoms with Gasteiger partial charge in [0.15, 0.2) is 0 Å². The van der Waals surface area contributed by atoms with Crippen LogP contribution in [-0.2, 0) is 13.0 Å². The number of likely N-dealkylation sites (N-methyl/N-ethyl adjacent to an activating group) is 1. The van der Waals surface area contributed by atoms with Gasteiger partial charge < -0.3 is 4.52 Å². The molecule has 23 heavy (non-hydrogen) atoms. The van der Waals surface area contributed by atoms with Crippen LogP contribution in [0.1, 0.15) is 18.5 Å². The van der Waals surface area contributed by atoms with Gasteiger partial charge >= 0.3 is 0 Å². The lowest BCUT2D eigenvalue weighted by atomic mass is 10.1. The van der Waals surface area contributed by atoms with Crippen molar-refractivity contribution in [2.24, 2.45) is 0 Å². The van der Waals surface area contributed by atoms with E-state index in [9.17, 15) is 0 Å². The Hall–Kier alpha value is -2.67. The maximum absolute atomic E-state index is 5.33. The average Bonchev–Trinajstić information content (AvgIpc) is 3.05. The van der Waals surface area contributed by atoms with Gasteiger partial charge in [0.2, 0.25) is 11.7 Å². The molecule has 1 atom stereocenters. The molecule has 3 heterocycles. The molecule has 0 spiro atoms. The number of aromatic nitrogens is 5. The smallest absolute Gasteiger partial charge is 0.241 e. The van der Waals surface area contributed by atoms with Gasteiger partial charge in [-0.15, -0.1) is 0 Å². The normalized spacial score (nSPS) is 12.5. The van der Waals surface area contributed by atoms with Gasteiger partial charge in [-0.25, -0.2) is 0 Å². The van der Waals surface area contributed by atoms with Crippen LogP contribution >= 0.6 is 0 Å². The van der Waals surface area contributed by atoms with Gasteiger partial charge in [-0.2, -0.15) is 4.98 Å². The van der Waals surface area contributed by atoms with E-state index in [1.165, 1.54) is 0 Å². The van der Waals surface area contributed by atoms with Crippen molar-refractivity contribution in [2.45, 2.75) is 25.9 Å². The molecule has 0 bridgehead atoms. The number of nitrogens with zero attached hydrogens (tertiary/aromatic N) is 6. The summed E-state index contributed by atoms with van der Waals surface area (Å²) in [5.41, 5.74) is 1.81. The second-order valence-corrected chi connectivity index (χ2v) is 5.42. The van der Waals surface area contributed by atoms with E-state index in [0.717, 1.165) is 17.7 Å². The van der Waals surface area contributed by atoms with Crippen LogP contribution in [0.3, 0.4) is 0 Å². The van der Waals surface area contributed by atoms with Gasteiger partial charge in [-0.05, 0) is 26.1 Å². The second-order valence-electron chi connectivity index (χ2n) is 5.42. The third-order valence-electron chi connectivity index (χ3n) is 3.65. The molecular formula is C16H18N6O. The van der Waals surface area contributed by atoms with Crippen molar-refractivity contribution in [3.05, 3.63) is 54.7 Å². The Labute approximate surface area is 134 Å². The third kappa shape index (κ3) is 3.95. The molecular weight excluding hydrogens is 292 g/mol. The molecule has 0 N–H and O–H groups in total. The van der Waals surface area contributed by atoms with E-state index in [-0.39, 0.29) is 6.04 Å². The van der Waals surface area contributed by atoms with Crippen LogP contribution in [0.5, 0.6) is 0 Å². The lowest BCUT2D eigenvalue weighted by Gasteiger charge is -2.22. The van der Waals surface area contributed by atoms with E-state index in [1.54, 1.807) is 31.0 Å². The average molecular weight is 310 g/mol. The fourth-order valence-corrected chi connectivity index (χ4v) is 2.19. The molecule has 7 heteroatoms. The standard InChI is InChI=1S/C16H18N6O/c1-12(8-14-10-18-6-7-19-14)22(2)11-15-20-16(21-23-15)13-4-3-5-17-9-13/h3-7,9-10,12H,8,11H2,1-2H3/t12-/m1/s1. The summed E-state index contributed by atoms with van der Waals surface area (Å²) in [7, 11) is 2.02. The zero-order valence-electron chi connectivity index (χ0n) is 13.1. The SMILES string of the molecule is C[C@H](Cc1cnccn1)N(C)Cc1nc(-c2cccnc2)no1. The highest BCUT2D eigenvalue weighted by molar-refractivity contribution is 5.51. The number of rotatable bonds is 6. The van der Waals surface area contributed by atoms with E-state index in [1.807, 2.05) is 19.2 Å². The Bertz CT molecular complexity index is 731. The zero-order valence-corrected chi connectivity index (χ0v) is 13.1. The van der Waals surface area contributed by atoms with E-state index in [0.29, 0.717) is 18.3 Å². The highest BCUT2D eigenvalue weighted by Crippen LogP contribution is 2.15. The lowest BCUT2D eigenvalue weighted by molar-refractivity contribution is 0.212. The summed E-state index contributed by atoms with van der Waals surface area (Å²) in [6.07, 6.45) is 9.42. The first-order chi connectivity index (χ1) is 11.2. The summed E-state index contributed by atoms with van der Waals surface area (Å²) >= 11 is 0. The lowest BCUT2D eigenvalue weighted by Crippen LogP contribution is -2.30. The van der Waals surface area contributed by atoms with Gasteiger partial charge in [-0.1, -0.05) is 5.16 Å². The third-order valence-corrected chi connectivity index (χ3v) is 3.65. The Kier molecular flexibility index (Phi) is 4.68. The van der Waals surface area contributed by atoms with Gasteiger partial charge in [0, 0.05) is 49.0 Å². The number of hydrogen-bond donors (Lipinski definition) is 0. The van der Waals surface area contributed by atoms with Crippen LogP contribution in [-0.4, -0.2) is 43.1 Å². The first-order valence-electron chi connectivity index (χ1n) is 7.40. The molecule has 0 saturated heterocycles. The molecule has 0 aliphatic rings. The molecule has 0 amide bonds. The quantitative estimate of drug-likeness (QED) is 0.688. The monoisotopic (exact) mass is 310 g/mol. The molecule has 118 valence electrons. The van der Waals surface area contributed by atoms with Crippen molar-refractivity contribution >= 4 is 0 Å². The summed E-state index contributed by atoms with van der Waals surface area (Å²) in [6, 6.07) is 4.03. The van der Waals surface area contributed by atoms with Crippen LogP contribution in [0.25, 0.3) is 11.4 Å². The van der Waals surface area contributed by atoms with Gasteiger partial charge in [0.05, 0.1) is 12.2 Å². The van der Waals surface area contributed by atoms with Crippen LogP contribution in [0.2, 0.25) is 0 Å². The summed E-state index contributed by atoms with van der Waals surface area (Å²) in [5.74, 6) is 1.14. The van der Waals surface area contributed by atoms with Gasteiger partial charge in [0.1, 0.15) is 0 Å². The van der Waals surface area contributed by atoms with E-state index < -0.39 is 0 Å². The first kappa shape index (κ1) is 15.2. The topological polar surface area (TPSA) is 80.8 Å². The van der Waals surface area contributed by atoms with Crippen LogP contribution in [0.4, 0.5) is 0 Å². The first-order valence-corrected chi connectivity index (χ1v) is 7.40. The summed E-state index contributed by atoms with van der Waals surface area (Å²) in [4.78, 5) is 19.0. The Balaban J connectivity index is 1.62. The van der Waals surface area contributed by atoms with Gasteiger partial charge in [-0.3, -0.25) is 19.9 Å².